The van der Waals surface area contributed by atoms with Gasteiger partial charge in [0.15, 0.2) is 0 Å². The zero-order valence-electron chi connectivity index (χ0n) is 24.6. The van der Waals surface area contributed by atoms with Crippen LogP contribution in [0.2, 0.25) is 0 Å². The van der Waals surface area contributed by atoms with Crippen LogP contribution in [0.15, 0.2) is 97.1 Å². The third-order valence-corrected chi connectivity index (χ3v) is 7.64. The molecule has 1 aliphatic carbocycles. The molecule has 1 aliphatic rings. The predicted octanol–water partition coefficient (Wildman–Crippen LogP) is 8.07. The van der Waals surface area contributed by atoms with Crippen molar-refractivity contribution in [2.45, 2.75) is 57.0 Å². The molecule has 0 aliphatic heterocycles. The quantitative estimate of drug-likeness (QED) is 0.154. The van der Waals surface area contributed by atoms with Crippen molar-refractivity contribution in [1.82, 2.24) is 5.32 Å². The number of benzene rings is 4. The van der Waals surface area contributed by atoms with Crippen molar-refractivity contribution >= 4 is 12.0 Å². The Kier molecular flexibility index (Phi) is 10.4. The van der Waals surface area contributed by atoms with Gasteiger partial charge in [-0.05, 0) is 96.0 Å². The van der Waals surface area contributed by atoms with Crippen LogP contribution in [0.1, 0.15) is 57.1 Å². The number of hydrogen-bond acceptors (Lipinski definition) is 4. The first-order chi connectivity index (χ1) is 22.1. The highest BCUT2D eigenvalue weighted by Crippen LogP contribution is 2.30. The fourth-order valence-corrected chi connectivity index (χ4v) is 5.26. The van der Waals surface area contributed by atoms with Gasteiger partial charge in [-0.15, -0.1) is 0 Å². The average Bonchev–Trinajstić information content (AvgIpc) is 3.30. The molecule has 0 radical (unpaired) electrons. The van der Waals surface area contributed by atoms with Crippen LogP contribution in [-0.2, 0) is 19.4 Å². The Morgan fingerprint density at radius 1 is 0.913 bits per heavy atom. The van der Waals surface area contributed by atoms with E-state index in [2.05, 4.69) is 10.1 Å². The highest BCUT2D eigenvalue weighted by molar-refractivity contribution is 5.98. The first-order valence-corrected chi connectivity index (χ1v) is 14.8. The SMILES string of the molecule is O=C(NC(Cc1cccc(OC(F)(F)C(F)F)c1)C(O)c1ccc(OCc2ccc(F)cc2)cc1)c1cccc2c1C=CCCC2. The lowest BCUT2D eigenvalue weighted by Crippen LogP contribution is -2.41. The van der Waals surface area contributed by atoms with E-state index in [1.165, 1.54) is 24.3 Å². The molecular weight excluding hydrogens is 605 g/mol. The molecule has 46 heavy (non-hydrogen) atoms. The third-order valence-electron chi connectivity index (χ3n) is 7.64. The summed E-state index contributed by atoms with van der Waals surface area (Å²) in [4.78, 5) is 13.7. The van der Waals surface area contributed by atoms with Crippen LogP contribution >= 0.6 is 0 Å². The summed E-state index contributed by atoms with van der Waals surface area (Å²) in [5, 5.41) is 14.4. The van der Waals surface area contributed by atoms with Crippen LogP contribution in [0.4, 0.5) is 22.0 Å². The molecule has 0 spiro atoms. The number of allylic oxidation sites excluding steroid dienone is 1. The van der Waals surface area contributed by atoms with Crippen LogP contribution in [-0.4, -0.2) is 29.6 Å². The number of nitrogens with one attached hydrogen (secondary N) is 1. The second-order valence-corrected chi connectivity index (χ2v) is 11.0. The molecule has 2 unspecified atom stereocenters. The van der Waals surface area contributed by atoms with Gasteiger partial charge in [0.2, 0.25) is 0 Å². The topological polar surface area (TPSA) is 67.8 Å². The maximum Gasteiger partial charge on any atom is 0.461 e. The second kappa shape index (κ2) is 14.6. The molecule has 2 N–H and O–H groups in total. The molecular formula is C36H32F5NO4. The Morgan fingerprint density at radius 2 is 1.65 bits per heavy atom. The molecule has 4 aromatic rings. The Morgan fingerprint density at radius 3 is 2.39 bits per heavy atom. The number of carbonyl (C=O) groups excluding carboxylic acids is 1. The number of ether oxygens (including phenoxy) is 2. The number of aryl methyl sites for hydroxylation is 1. The van der Waals surface area contributed by atoms with Crippen molar-refractivity contribution in [2.24, 2.45) is 0 Å². The van der Waals surface area contributed by atoms with E-state index in [4.69, 9.17) is 4.74 Å². The number of halogens is 5. The van der Waals surface area contributed by atoms with E-state index in [1.54, 1.807) is 54.6 Å². The monoisotopic (exact) mass is 637 g/mol. The first-order valence-electron chi connectivity index (χ1n) is 14.8. The van der Waals surface area contributed by atoms with Crippen molar-refractivity contribution in [2.75, 3.05) is 0 Å². The molecule has 4 aromatic carbocycles. The van der Waals surface area contributed by atoms with Gasteiger partial charge in [-0.1, -0.05) is 60.7 Å². The van der Waals surface area contributed by atoms with Gasteiger partial charge in [0.05, 0.1) is 12.1 Å². The maximum atomic E-state index is 13.7. The molecule has 1 amide bonds. The number of amides is 1. The van der Waals surface area contributed by atoms with Gasteiger partial charge in [-0.2, -0.15) is 17.6 Å². The standard InChI is InChI=1S/C36H32F5NO4/c37-27-16-12-23(13-17-27)22-45-28-18-14-26(15-19-28)33(43)32(21-24-6-4-9-29(20-24)46-36(40,41)35(38)39)42-34(44)31-11-5-8-25-7-2-1-3-10-30(25)31/h3-6,8-20,32-33,35,43H,1-2,7,21-22H2,(H,42,44). The minimum Gasteiger partial charge on any atom is -0.489 e. The van der Waals surface area contributed by atoms with E-state index >= 15 is 0 Å². The first kappa shape index (κ1) is 32.7. The molecule has 240 valence electrons. The van der Waals surface area contributed by atoms with Crippen molar-refractivity contribution < 1.29 is 41.3 Å². The van der Waals surface area contributed by atoms with Crippen molar-refractivity contribution in [3.05, 3.63) is 136 Å². The Balaban J connectivity index is 1.38. The number of aliphatic hydroxyl groups is 1. The van der Waals surface area contributed by atoms with E-state index in [0.717, 1.165) is 42.0 Å². The Labute approximate surface area is 263 Å². The molecule has 0 aromatic heterocycles. The fourth-order valence-electron chi connectivity index (χ4n) is 5.26. The largest absolute Gasteiger partial charge is 0.489 e. The summed E-state index contributed by atoms with van der Waals surface area (Å²) in [6, 6.07) is 22.2. The van der Waals surface area contributed by atoms with Gasteiger partial charge in [0.25, 0.3) is 5.91 Å². The highest BCUT2D eigenvalue weighted by Gasteiger charge is 2.44. The van der Waals surface area contributed by atoms with Crippen LogP contribution in [0, 0.1) is 5.82 Å². The number of fused-ring (bicyclic) bond motifs is 1. The van der Waals surface area contributed by atoms with Crippen molar-refractivity contribution in [3.63, 3.8) is 0 Å². The smallest absolute Gasteiger partial charge is 0.461 e. The number of aliphatic hydroxyl groups excluding tert-OH is 1. The van der Waals surface area contributed by atoms with Gasteiger partial charge in [0.1, 0.15) is 23.9 Å². The highest BCUT2D eigenvalue weighted by atomic mass is 19.3. The number of carbonyl (C=O) groups is 1. The predicted molar refractivity (Wildman–Crippen MR) is 164 cm³/mol. The van der Waals surface area contributed by atoms with E-state index in [1.807, 2.05) is 18.2 Å². The lowest BCUT2D eigenvalue weighted by Gasteiger charge is -2.26. The van der Waals surface area contributed by atoms with Crippen molar-refractivity contribution in [1.29, 1.82) is 0 Å². The summed E-state index contributed by atoms with van der Waals surface area (Å²) >= 11 is 0. The molecule has 5 rings (SSSR count). The molecule has 0 bridgehead atoms. The van der Waals surface area contributed by atoms with Gasteiger partial charge in [-0.3, -0.25) is 4.79 Å². The summed E-state index contributed by atoms with van der Waals surface area (Å²) in [6.07, 6.45) is -3.47. The van der Waals surface area contributed by atoms with Gasteiger partial charge in [0, 0.05) is 5.56 Å². The van der Waals surface area contributed by atoms with E-state index in [9.17, 15) is 31.9 Å². The summed E-state index contributed by atoms with van der Waals surface area (Å²) in [5.41, 5.74) is 3.80. The lowest BCUT2D eigenvalue weighted by molar-refractivity contribution is -0.253. The summed E-state index contributed by atoms with van der Waals surface area (Å²) in [6.45, 7) is 0.194. The lowest BCUT2D eigenvalue weighted by atomic mass is 9.94. The maximum absolute atomic E-state index is 13.7. The van der Waals surface area contributed by atoms with E-state index < -0.39 is 36.3 Å². The van der Waals surface area contributed by atoms with Crippen LogP contribution in [0.5, 0.6) is 11.5 Å². The molecule has 0 fully saturated rings. The van der Waals surface area contributed by atoms with Gasteiger partial charge < -0.3 is 19.9 Å². The summed E-state index contributed by atoms with van der Waals surface area (Å²) in [7, 11) is 0. The van der Waals surface area contributed by atoms with Gasteiger partial charge >= 0.3 is 12.5 Å². The number of alkyl halides is 4. The fraction of sp³-hybridized carbons (Fsp3) is 0.250. The Hall–Kier alpha value is -4.70. The van der Waals surface area contributed by atoms with Crippen LogP contribution in [0.3, 0.4) is 0 Å². The summed E-state index contributed by atoms with van der Waals surface area (Å²) in [5.74, 6) is -0.787. The molecule has 5 nitrogen and oxygen atoms in total. The minimum absolute atomic E-state index is 0.0436. The van der Waals surface area contributed by atoms with Crippen molar-refractivity contribution in [3.8, 4) is 11.5 Å². The Bertz CT molecular complexity index is 1660. The minimum atomic E-state index is -4.69. The van der Waals surface area contributed by atoms with Crippen LogP contribution in [0.25, 0.3) is 6.08 Å². The van der Waals surface area contributed by atoms with Crippen LogP contribution < -0.4 is 14.8 Å². The van der Waals surface area contributed by atoms with Gasteiger partial charge in [-0.25, -0.2) is 4.39 Å². The molecule has 10 heteroatoms. The summed E-state index contributed by atoms with van der Waals surface area (Å²) < 4.78 is 75.9. The van der Waals surface area contributed by atoms with E-state index in [-0.39, 0.29) is 18.8 Å². The third kappa shape index (κ3) is 8.31. The normalized spacial score (nSPS) is 14.2. The molecule has 2 atom stereocenters. The molecule has 0 heterocycles. The molecule has 0 saturated carbocycles. The molecule has 0 saturated heterocycles. The zero-order chi connectivity index (χ0) is 32.7. The zero-order valence-corrected chi connectivity index (χ0v) is 24.6. The average molecular weight is 638 g/mol. The number of rotatable bonds is 12. The second-order valence-electron chi connectivity index (χ2n) is 11.0. The number of hydrogen-bond donors (Lipinski definition) is 2. The van der Waals surface area contributed by atoms with E-state index in [0.29, 0.717) is 22.4 Å².